The summed E-state index contributed by atoms with van der Waals surface area (Å²) in [6, 6.07) is 8.43. The Morgan fingerprint density at radius 3 is 2.94 bits per heavy atom. The van der Waals surface area contributed by atoms with Gasteiger partial charge in [-0.05, 0) is 24.6 Å². The van der Waals surface area contributed by atoms with Crippen LogP contribution in [-0.4, -0.2) is 0 Å². The van der Waals surface area contributed by atoms with Crippen LogP contribution in [0.5, 0.6) is 11.5 Å². The maximum atomic E-state index is 6.01. The van der Waals surface area contributed by atoms with E-state index in [4.69, 9.17) is 4.74 Å². The lowest BCUT2D eigenvalue weighted by Crippen LogP contribution is -2.31. The first-order valence-electron chi connectivity index (χ1n) is 5.93. The number of ether oxygens (including phenoxy) is 1. The van der Waals surface area contributed by atoms with Crippen LogP contribution in [0.3, 0.4) is 0 Å². The summed E-state index contributed by atoms with van der Waals surface area (Å²) in [5, 5.41) is 3.36. The molecule has 0 aliphatic carbocycles. The van der Waals surface area contributed by atoms with Crippen LogP contribution in [0, 0.1) is 6.92 Å². The molecule has 3 heteroatoms. The highest BCUT2D eigenvalue weighted by Crippen LogP contribution is 2.48. The topological polar surface area (TPSA) is 13.1 Å². The monoisotopic (exact) mass is 254 g/mol. The van der Waals surface area contributed by atoms with Crippen molar-refractivity contribution < 1.29 is 9.30 Å². The second-order valence-corrected chi connectivity index (χ2v) is 5.58. The van der Waals surface area contributed by atoms with E-state index in [-0.39, 0.29) is 0 Å². The van der Waals surface area contributed by atoms with Crippen LogP contribution in [-0.2, 0) is 7.05 Å². The third kappa shape index (κ3) is 1.14. The summed E-state index contributed by atoms with van der Waals surface area (Å²) in [7, 11) is 2.07. The number of thiophene rings is 1. The van der Waals surface area contributed by atoms with E-state index in [1.807, 2.05) is 12.1 Å². The number of aryl methyl sites for hydroxylation is 2. The fourth-order valence-electron chi connectivity index (χ4n) is 2.67. The molecule has 1 aliphatic heterocycles. The predicted molar refractivity (Wildman–Crippen MR) is 73.2 cm³/mol. The third-order valence-electron chi connectivity index (χ3n) is 3.51. The van der Waals surface area contributed by atoms with Crippen molar-refractivity contribution in [1.29, 1.82) is 0 Å². The van der Waals surface area contributed by atoms with Gasteiger partial charge in [0, 0.05) is 21.5 Å². The van der Waals surface area contributed by atoms with Crippen LogP contribution in [0.2, 0.25) is 0 Å². The number of hydrogen-bond donors (Lipinski definition) is 0. The zero-order chi connectivity index (χ0) is 12.3. The molecule has 1 aliphatic rings. The van der Waals surface area contributed by atoms with E-state index in [1.54, 1.807) is 11.3 Å². The van der Waals surface area contributed by atoms with Gasteiger partial charge in [-0.1, -0.05) is 6.07 Å². The number of fused-ring (bicyclic) bond motifs is 2. The summed E-state index contributed by atoms with van der Waals surface area (Å²) in [4.78, 5) is 0. The van der Waals surface area contributed by atoms with E-state index < -0.39 is 0 Å². The molecular weight excluding hydrogens is 242 g/mol. The fourth-order valence-corrected chi connectivity index (χ4v) is 3.54. The molecule has 0 saturated heterocycles. The van der Waals surface area contributed by atoms with Crippen molar-refractivity contribution in [3.05, 3.63) is 41.4 Å². The SMILES string of the molecule is Cc1ccc2scc3c2c1-c1c(ccc[n+]1C)O3. The Morgan fingerprint density at radius 2 is 2.06 bits per heavy atom. The molecule has 0 fully saturated rings. The highest BCUT2D eigenvalue weighted by molar-refractivity contribution is 7.17. The minimum Gasteiger partial charge on any atom is -0.449 e. The lowest BCUT2D eigenvalue weighted by Gasteiger charge is -2.16. The Balaban J connectivity index is 2.25. The van der Waals surface area contributed by atoms with Crippen molar-refractivity contribution in [1.82, 2.24) is 0 Å². The van der Waals surface area contributed by atoms with Crippen LogP contribution < -0.4 is 9.30 Å². The third-order valence-corrected chi connectivity index (χ3v) is 4.44. The predicted octanol–water partition coefficient (Wildman–Crippen LogP) is 3.81. The summed E-state index contributed by atoms with van der Waals surface area (Å²) in [6.07, 6.45) is 2.07. The molecule has 2 aromatic heterocycles. The average molecular weight is 254 g/mol. The first-order valence-corrected chi connectivity index (χ1v) is 6.81. The van der Waals surface area contributed by atoms with E-state index in [0.717, 1.165) is 11.5 Å². The molecule has 0 saturated carbocycles. The number of aromatic nitrogens is 1. The Hall–Kier alpha value is -1.87. The molecule has 0 amide bonds. The first kappa shape index (κ1) is 10.1. The van der Waals surface area contributed by atoms with Gasteiger partial charge in [0.25, 0.3) is 5.69 Å². The Labute approximate surface area is 109 Å². The molecular formula is C15H12NOS+. The lowest BCUT2D eigenvalue weighted by molar-refractivity contribution is -0.660. The Morgan fingerprint density at radius 1 is 1.17 bits per heavy atom. The van der Waals surface area contributed by atoms with Crippen molar-refractivity contribution in [2.45, 2.75) is 6.92 Å². The highest BCUT2D eigenvalue weighted by atomic mass is 32.1. The van der Waals surface area contributed by atoms with Crippen molar-refractivity contribution >= 4 is 21.4 Å². The second-order valence-electron chi connectivity index (χ2n) is 4.66. The Kier molecular flexibility index (Phi) is 1.87. The van der Waals surface area contributed by atoms with E-state index in [2.05, 4.69) is 42.2 Å². The van der Waals surface area contributed by atoms with Crippen LogP contribution in [0.15, 0.2) is 35.8 Å². The zero-order valence-corrected chi connectivity index (χ0v) is 11.0. The average Bonchev–Trinajstić information content (AvgIpc) is 2.77. The summed E-state index contributed by atoms with van der Waals surface area (Å²) < 4.78 is 9.44. The van der Waals surface area contributed by atoms with Gasteiger partial charge in [-0.3, -0.25) is 0 Å². The summed E-state index contributed by atoms with van der Waals surface area (Å²) in [5.41, 5.74) is 3.79. The molecule has 0 bridgehead atoms. The number of hydrogen-bond acceptors (Lipinski definition) is 2. The maximum Gasteiger partial charge on any atom is 0.256 e. The van der Waals surface area contributed by atoms with Crippen LogP contribution in [0.25, 0.3) is 21.3 Å². The molecule has 0 spiro atoms. The van der Waals surface area contributed by atoms with Crippen molar-refractivity contribution in [3.63, 3.8) is 0 Å². The minimum absolute atomic E-state index is 0.946. The van der Waals surface area contributed by atoms with Crippen molar-refractivity contribution in [3.8, 4) is 22.8 Å². The fraction of sp³-hybridized carbons (Fsp3) is 0.133. The van der Waals surface area contributed by atoms with Gasteiger partial charge in [0.1, 0.15) is 12.8 Å². The number of rotatable bonds is 0. The molecule has 3 aromatic rings. The molecule has 3 heterocycles. The van der Waals surface area contributed by atoms with Gasteiger partial charge in [0.15, 0.2) is 11.9 Å². The normalized spacial score (nSPS) is 12.3. The smallest absolute Gasteiger partial charge is 0.256 e. The minimum atomic E-state index is 0.946. The van der Waals surface area contributed by atoms with Crippen molar-refractivity contribution in [2.75, 3.05) is 0 Å². The van der Waals surface area contributed by atoms with Crippen LogP contribution in [0.4, 0.5) is 0 Å². The van der Waals surface area contributed by atoms with Gasteiger partial charge in [-0.15, -0.1) is 11.3 Å². The number of nitrogens with zero attached hydrogens (tertiary/aromatic N) is 1. The van der Waals surface area contributed by atoms with E-state index in [1.165, 1.54) is 26.9 Å². The molecule has 0 radical (unpaired) electrons. The van der Waals surface area contributed by atoms with E-state index >= 15 is 0 Å². The largest absolute Gasteiger partial charge is 0.449 e. The zero-order valence-electron chi connectivity index (χ0n) is 10.2. The van der Waals surface area contributed by atoms with Gasteiger partial charge in [-0.2, -0.15) is 4.57 Å². The molecule has 88 valence electrons. The summed E-state index contributed by atoms with van der Waals surface area (Å²) in [6.45, 7) is 2.16. The second kappa shape index (κ2) is 3.33. The molecule has 2 nitrogen and oxygen atoms in total. The Bertz CT molecular complexity index is 789. The quantitative estimate of drug-likeness (QED) is 0.435. The standard InChI is InChI=1S/C15H12NOS/c1-9-5-6-12-14-11(8-18-12)17-10-4-3-7-16(2)15(10)13(9)14/h3-8H,1-2H3/q+1. The first-order chi connectivity index (χ1) is 8.75. The maximum absolute atomic E-state index is 6.01. The number of benzene rings is 1. The molecule has 1 aromatic carbocycles. The van der Waals surface area contributed by atoms with E-state index in [0.29, 0.717) is 0 Å². The van der Waals surface area contributed by atoms with Gasteiger partial charge in [-0.25, -0.2) is 0 Å². The lowest BCUT2D eigenvalue weighted by atomic mass is 9.98. The van der Waals surface area contributed by atoms with Gasteiger partial charge in [0.2, 0.25) is 0 Å². The van der Waals surface area contributed by atoms with Crippen LogP contribution in [0.1, 0.15) is 5.56 Å². The van der Waals surface area contributed by atoms with Gasteiger partial charge in [0.05, 0.1) is 5.56 Å². The van der Waals surface area contributed by atoms with Crippen molar-refractivity contribution in [2.24, 2.45) is 7.05 Å². The van der Waals surface area contributed by atoms with Gasteiger partial charge < -0.3 is 4.74 Å². The molecule has 0 atom stereocenters. The molecule has 0 unspecified atom stereocenters. The molecule has 0 N–H and O–H groups in total. The van der Waals surface area contributed by atoms with E-state index in [9.17, 15) is 0 Å². The molecule has 4 rings (SSSR count). The summed E-state index contributed by atoms with van der Waals surface area (Å²) in [5.74, 6) is 1.94. The summed E-state index contributed by atoms with van der Waals surface area (Å²) >= 11 is 1.74. The van der Waals surface area contributed by atoms with Gasteiger partial charge >= 0.3 is 0 Å². The van der Waals surface area contributed by atoms with Crippen LogP contribution >= 0.6 is 11.3 Å². The highest BCUT2D eigenvalue weighted by Gasteiger charge is 2.29. The number of pyridine rings is 1. The molecule has 18 heavy (non-hydrogen) atoms.